The van der Waals surface area contributed by atoms with Crippen LogP contribution >= 0.6 is 0 Å². The van der Waals surface area contributed by atoms with E-state index >= 15 is 0 Å². The Hall–Kier alpha value is -2.17. The lowest BCUT2D eigenvalue weighted by Crippen LogP contribution is -2.36. The van der Waals surface area contributed by atoms with Crippen LogP contribution < -0.4 is 10.3 Å². The predicted octanol–water partition coefficient (Wildman–Crippen LogP) is -2.22. The van der Waals surface area contributed by atoms with Gasteiger partial charge in [-0.2, -0.15) is 10.2 Å². The van der Waals surface area contributed by atoms with Gasteiger partial charge in [-0.1, -0.05) is 0 Å². The zero-order valence-electron chi connectivity index (χ0n) is 15.9. The van der Waals surface area contributed by atoms with Crippen molar-refractivity contribution in [2.24, 2.45) is 24.4 Å². The van der Waals surface area contributed by atoms with E-state index in [1.807, 2.05) is 0 Å². The van der Waals surface area contributed by atoms with Crippen molar-refractivity contribution >= 4 is 26.3 Å². The molecule has 1 aliphatic rings. The number of hydrogen-bond donors (Lipinski definition) is 2. The fourth-order valence-electron chi connectivity index (χ4n) is 2.46. The van der Waals surface area contributed by atoms with E-state index in [0.29, 0.717) is 26.0 Å². The summed E-state index contributed by atoms with van der Waals surface area (Å²) in [5, 5.41) is 16.8. The summed E-state index contributed by atoms with van der Waals surface area (Å²) in [5.74, 6) is 0. The first-order chi connectivity index (χ1) is 13.4. The lowest BCUT2D eigenvalue weighted by Gasteiger charge is -2.26. The monoisotopic (exact) mass is 449 g/mol. The van der Waals surface area contributed by atoms with E-state index in [0.717, 1.165) is 29.5 Å². The van der Waals surface area contributed by atoms with Gasteiger partial charge in [0.2, 0.25) is 0 Å². The number of hydrogen-bond acceptors (Lipinski definition) is 9. The molecule has 4 N–H and O–H groups in total. The van der Waals surface area contributed by atoms with Crippen LogP contribution in [0.3, 0.4) is 0 Å². The number of ether oxygens (including phenoxy) is 1. The van der Waals surface area contributed by atoms with Crippen LogP contribution in [0.2, 0.25) is 0 Å². The Kier molecular flexibility index (Phi) is 7.25. The van der Waals surface area contributed by atoms with Gasteiger partial charge in [-0.05, 0) is 0 Å². The fraction of sp³-hybridized carbons (Fsp3) is 0.500. The quantitative estimate of drug-likeness (QED) is 0.477. The molecule has 15 heteroatoms. The van der Waals surface area contributed by atoms with E-state index < -0.39 is 20.0 Å². The maximum absolute atomic E-state index is 11.2. The first-order valence-corrected chi connectivity index (χ1v) is 11.4. The van der Waals surface area contributed by atoms with Crippen molar-refractivity contribution in [3.8, 4) is 0 Å². The largest absolute Gasteiger partial charge is 0.379 e. The van der Waals surface area contributed by atoms with E-state index in [1.54, 1.807) is 11.7 Å². The Morgan fingerprint density at radius 2 is 1.52 bits per heavy atom. The zero-order valence-corrected chi connectivity index (χ0v) is 17.6. The van der Waals surface area contributed by atoms with Gasteiger partial charge in [0.25, 0.3) is 20.0 Å². The third-order valence-electron chi connectivity index (χ3n) is 4.04. The number of carbonyl (C=O) groups is 1. The number of aldehydes is 1. The van der Waals surface area contributed by atoms with E-state index in [9.17, 15) is 21.6 Å². The molecule has 0 aliphatic carbocycles. The Morgan fingerprint density at radius 3 is 1.93 bits per heavy atom. The molecule has 162 valence electrons. The van der Waals surface area contributed by atoms with Gasteiger partial charge in [0.05, 0.1) is 18.9 Å². The summed E-state index contributed by atoms with van der Waals surface area (Å²) in [4.78, 5) is 12.5. The fourth-order valence-corrected chi connectivity index (χ4v) is 3.51. The van der Waals surface area contributed by atoms with Gasteiger partial charge in [0.15, 0.2) is 16.3 Å². The first kappa shape index (κ1) is 23.1. The third kappa shape index (κ3) is 6.41. The molecule has 0 atom stereocenters. The molecular weight excluding hydrogens is 426 g/mol. The third-order valence-corrected chi connectivity index (χ3v) is 5.61. The minimum Gasteiger partial charge on any atom is -0.379 e. The van der Waals surface area contributed by atoms with Crippen molar-refractivity contribution in [1.29, 1.82) is 0 Å². The average Bonchev–Trinajstić information content (AvgIpc) is 3.19. The summed E-state index contributed by atoms with van der Waals surface area (Å²) in [7, 11) is -4.36. The van der Waals surface area contributed by atoms with E-state index in [4.69, 9.17) is 15.0 Å². The molecule has 0 amide bonds. The lowest BCUT2D eigenvalue weighted by atomic mass is 10.3. The Bertz CT molecular complexity index is 1070. The molecule has 0 bridgehead atoms. The number of aryl methyl sites for hydroxylation is 2. The number of primary sulfonamides is 2. The lowest BCUT2D eigenvalue weighted by molar-refractivity contribution is 0.0331. The number of nitrogens with two attached hydrogens (primary N) is 2. The van der Waals surface area contributed by atoms with E-state index in [2.05, 4.69) is 15.1 Å². The minimum absolute atomic E-state index is 0.0803. The first-order valence-electron chi connectivity index (χ1n) is 8.29. The second-order valence-electron chi connectivity index (χ2n) is 6.22. The molecule has 29 heavy (non-hydrogen) atoms. The molecular formula is C14H23N7O6S2. The Morgan fingerprint density at radius 1 is 1.00 bits per heavy atom. The smallest absolute Gasteiger partial charge is 0.257 e. The highest BCUT2D eigenvalue weighted by atomic mass is 32.2. The molecule has 1 saturated heterocycles. The van der Waals surface area contributed by atoms with Gasteiger partial charge < -0.3 is 4.74 Å². The number of morpholine rings is 1. The molecule has 3 heterocycles. The van der Waals surface area contributed by atoms with Crippen LogP contribution in [0.5, 0.6) is 0 Å². The van der Waals surface area contributed by atoms with Crippen LogP contribution in [0, 0.1) is 0 Å². The molecule has 13 nitrogen and oxygen atoms in total. The van der Waals surface area contributed by atoms with Gasteiger partial charge in [-0.3, -0.25) is 19.1 Å². The molecule has 3 rings (SSSR count). The van der Waals surface area contributed by atoms with Crippen molar-refractivity contribution in [3.05, 3.63) is 23.5 Å². The van der Waals surface area contributed by atoms with Crippen LogP contribution in [0.25, 0.3) is 0 Å². The standard InChI is InChI=1S/C9H16N4O3S.C5H7N3O3S/c1-12-8(6-9(11-12)17(10,14)15)7-13-2-4-16-5-3-13;1-8-4(3-9)2-5(7-8)12(6,10)11/h6H,2-5,7H2,1H3,(H2,10,14,15);2-3H,1H3,(H2,6,10,11). The average molecular weight is 450 g/mol. The topological polar surface area (TPSA) is 186 Å². The summed E-state index contributed by atoms with van der Waals surface area (Å²) in [6.07, 6.45) is 0.502. The van der Waals surface area contributed by atoms with Crippen LogP contribution in [-0.2, 0) is 45.4 Å². The van der Waals surface area contributed by atoms with Crippen molar-refractivity contribution in [2.45, 2.75) is 16.6 Å². The Labute approximate surface area is 168 Å². The highest BCUT2D eigenvalue weighted by molar-refractivity contribution is 7.89. The zero-order chi connectivity index (χ0) is 21.8. The van der Waals surface area contributed by atoms with Gasteiger partial charge in [-0.25, -0.2) is 27.1 Å². The van der Waals surface area contributed by atoms with Crippen LogP contribution in [0.15, 0.2) is 22.2 Å². The molecule has 0 radical (unpaired) electrons. The van der Waals surface area contributed by atoms with Gasteiger partial charge in [0, 0.05) is 45.9 Å². The molecule has 1 fully saturated rings. The molecule has 0 aromatic carbocycles. The van der Waals surface area contributed by atoms with Gasteiger partial charge in [-0.15, -0.1) is 0 Å². The SMILES string of the molecule is Cn1nc(S(N)(=O)=O)cc1C=O.Cn1nc(S(N)(=O)=O)cc1CN1CCOCC1. The molecule has 1 aliphatic heterocycles. The maximum Gasteiger partial charge on any atom is 0.257 e. The van der Waals surface area contributed by atoms with E-state index in [-0.39, 0.29) is 15.7 Å². The highest BCUT2D eigenvalue weighted by Gasteiger charge is 2.18. The van der Waals surface area contributed by atoms with Gasteiger partial charge in [0.1, 0.15) is 5.69 Å². The summed E-state index contributed by atoms with van der Waals surface area (Å²) in [6.45, 7) is 3.76. The van der Waals surface area contributed by atoms with Crippen molar-refractivity contribution in [1.82, 2.24) is 24.5 Å². The second-order valence-corrected chi connectivity index (χ2v) is 9.24. The molecule has 2 aromatic rings. The summed E-state index contributed by atoms with van der Waals surface area (Å²) < 4.78 is 51.7. The predicted molar refractivity (Wildman–Crippen MR) is 101 cm³/mol. The molecule has 0 unspecified atom stereocenters. The summed E-state index contributed by atoms with van der Waals surface area (Å²) in [5.41, 5.74) is 0.995. The minimum atomic E-state index is -3.81. The second kappa shape index (κ2) is 9.10. The van der Waals surface area contributed by atoms with Crippen LogP contribution in [0.4, 0.5) is 0 Å². The highest BCUT2D eigenvalue weighted by Crippen LogP contribution is 2.11. The normalized spacial score (nSPS) is 15.6. The maximum atomic E-state index is 11.2. The van der Waals surface area contributed by atoms with Crippen molar-refractivity contribution < 1.29 is 26.4 Å². The molecule has 0 saturated carbocycles. The molecule has 0 spiro atoms. The van der Waals surface area contributed by atoms with Crippen LogP contribution in [-0.4, -0.2) is 73.9 Å². The summed E-state index contributed by atoms with van der Waals surface area (Å²) in [6, 6.07) is 2.63. The number of sulfonamides is 2. The molecule has 2 aromatic heterocycles. The number of rotatable bonds is 5. The Balaban J connectivity index is 0.000000221. The van der Waals surface area contributed by atoms with E-state index in [1.165, 1.54) is 13.1 Å². The van der Waals surface area contributed by atoms with Gasteiger partial charge >= 0.3 is 0 Å². The summed E-state index contributed by atoms with van der Waals surface area (Å²) >= 11 is 0. The number of carbonyl (C=O) groups excluding carboxylic acids is 1. The van der Waals surface area contributed by atoms with Crippen molar-refractivity contribution in [2.75, 3.05) is 26.3 Å². The van der Waals surface area contributed by atoms with Crippen LogP contribution in [0.1, 0.15) is 16.2 Å². The van der Waals surface area contributed by atoms with Crippen molar-refractivity contribution in [3.63, 3.8) is 0 Å². The number of aromatic nitrogens is 4. The number of nitrogens with zero attached hydrogens (tertiary/aromatic N) is 5.